The van der Waals surface area contributed by atoms with E-state index in [0.717, 1.165) is 12.8 Å². The van der Waals surface area contributed by atoms with Crippen LogP contribution in [0.15, 0.2) is 28.7 Å². The second kappa shape index (κ2) is 6.57. The van der Waals surface area contributed by atoms with Crippen molar-refractivity contribution in [3.05, 3.63) is 41.3 Å². The third kappa shape index (κ3) is 3.37. The van der Waals surface area contributed by atoms with E-state index < -0.39 is 11.9 Å². The molecule has 120 valence electrons. The van der Waals surface area contributed by atoms with Crippen molar-refractivity contribution in [2.45, 2.75) is 18.9 Å². The third-order valence-electron chi connectivity index (χ3n) is 3.43. The maximum atomic E-state index is 12.1. The molecule has 1 aromatic carbocycles. The minimum absolute atomic E-state index is 0.0116. The average molecular weight is 317 g/mol. The first kappa shape index (κ1) is 15.2. The van der Waals surface area contributed by atoms with Gasteiger partial charge in [-0.25, -0.2) is 4.79 Å². The Bertz CT molecular complexity index is 704. The van der Waals surface area contributed by atoms with Crippen molar-refractivity contribution in [2.24, 2.45) is 0 Å². The lowest BCUT2D eigenvalue weighted by Crippen LogP contribution is -2.12. The van der Waals surface area contributed by atoms with Gasteiger partial charge in [0, 0.05) is 12.2 Å². The van der Waals surface area contributed by atoms with Crippen molar-refractivity contribution in [3.63, 3.8) is 0 Å². The van der Waals surface area contributed by atoms with Crippen molar-refractivity contribution >= 4 is 17.9 Å². The number of methoxy groups -OCH3 is 1. The summed E-state index contributed by atoms with van der Waals surface area (Å²) in [6.07, 6.45) is 1.57. The maximum Gasteiger partial charge on any atom is 0.337 e. The van der Waals surface area contributed by atoms with Crippen LogP contribution in [0.1, 0.15) is 45.6 Å². The van der Waals surface area contributed by atoms with Gasteiger partial charge in [-0.15, -0.1) is 5.10 Å². The molecular formula is C15H15N3O5. The van der Waals surface area contributed by atoms with E-state index in [4.69, 9.17) is 9.15 Å². The number of carbonyl (C=O) groups excluding carboxylic acids is 2. The van der Waals surface area contributed by atoms with Gasteiger partial charge in [-0.3, -0.25) is 10.1 Å². The number of aromatic nitrogens is 2. The van der Waals surface area contributed by atoms with Crippen molar-refractivity contribution < 1.29 is 23.5 Å². The average Bonchev–Trinajstić information content (AvgIpc) is 3.25. The Labute approximate surface area is 131 Å². The van der Waals surface area contributed by atoms with Crippen LogP contribution < -0.4 is 5.32 Å². The highest BCUT2D eigenvalue weighted by atomic mass is 16.5. The van der Waals surface area contributed by atoms with Crippen LogP contribution in [0.4, 0.5) is 6.01 Å². The van der Waals surface area contributed by atoms with E-state index in [-0.39, 0.29) is 12.1 Å². The molecule has 1 aromatic heterocycles. The van der Waals surface area contributed by atoms with Crippen LogP contribution in [0.25, 0.3) is 0 Å². The first-order valence-electron chi connectivity index (χ1n) is 7.12. The molecule has 8 nitrogen and oxygen atoms in total. The van der Waals surface area contributed by atoms with Crippen molar-refractivity contribution in [2.75, 3.05) is 19.0 Å². The SMILES string of the molecule is COC(=O)c1ccc(C(=O)Nc2nnc([C@@H]3CCCO3)o2)cc1. The summed E-state index contributed by atoms with van der Waals surface area (Å²) in [6.45, 7) is 0.668. The van der Waals surface area contributed by atoms with Gasteiger partial charge in [-0.05, 0) is 37.1 Å². The van der Waals surface area contributed by atoms with Crippen molar-refractivity contribution in [1.29, 1.82) is 0 Å². The van der Waals surface area contributed by atoms with Gasteiger partial charge < -0.3 is 13.9 Å². The van der Waals surface area contributed by atoms with Gasteiger partial charge in [0.2, 0.25) is 5.89 Å². The van der Waals surface area contributed by atoms with E-state index in [1.807, 2.05) is 0 Å². The second-order valence-electron chi connectivity index (χ2n) is 4.97. The molecule has 1 aliphatic rings. The number of anilines is 1. The zero-order valence-corrected chi connectivity index (χ0v) is 12.4. The fraction of sp³-hybridized carbons (Fsp3) is 0.333. The summed E-state index contributed by atoms with van der Waals surface area (Å²) in [5.74, 6) is -0.516. The number of esters is 1. The molecule has 1 N–H and O–H groups in total. The number of hydrogen-bond donors (Lipinski definition) is 1. The summed E-state index contributed by atoms with van der Waals surface area (Å²) < 4.78 is 15.4. The summed E-state index contributed by atoms with van der Waals surface area (Å²) in [6, 6.07) is 6.05. The predicted molar refractivity (Wildman–Crippen MR) is 78.0 cm³/mol. The quantitative estimate of drug-likeness (QED) is 0.859. The molecule has 1 atom stereocenters. The number of benzene rings is 1. The van der Waals surface area contributed by atoms with Gasteiger partial charge >= 0.3 is 12.0 Å². The second-order valence-corrected chi connectivity index (χ2v) is 4.97. The van der Waals surface area contributed by atoms with Gasteiger partial charge in [0.25, 0.3) is 5.91 Å². The fourth-order valence-electron chi connectivity index (χ4n) is 2.23. The van der Waals surface area contributed by atoms with Crippen LogP contribution in [0.5, 0.6) is 0 Å². The fourth-order valence-corrected chi connectivity index (χ4v) is 2.23. The molecule has 23 heavy (non-hydrogen) atoms. The van der Waals surface area contributed by atoms with Crippen LogP contribution in [-0.2, 0) is 9.47 Å². The summed E-state index contributed by atoms with van der Waals surface area (Å²) in [7, 11) is 1.30. The Morgan fingerprint density at radius 2 is 1.96 bits per heavy atom. The number of ether oxygens (including phenoxy) is 2. The van der Waals surface area contributed by atoms with Crippen LogP contribution in [0.3, 0.4) is 0 Å². The number of hydrogen-bond acceptors (Lipinski definition) is 7. The smallest absolute Gasteiger partial charge is 0.337 e. The molecule has 3 rings (SSSR count). The predicted octanol–water partition coefficient (Wildman–Crippen LogP) is 1.96. The number of nitrogens with one attached hydrogen (secondary N) is 1. The van der Waals surface area contributed by atoms with E-state index in [0.29, 0.717) is 23.6 Å². The standard InChI is InChI=1S/C15H15N3O5/c1-21-14(20)10-6-4-9(5-7-10)12(19)16-15-18-17-13(23-15)11-3-2-8-22-11/h4-7,11H,2-3,8H2,1H3,(H,16,18,19)/t11-/m0/s1. The molecule has 1 fully saturated rings. The molecule has 8 heteroatoms. The zero-order chi connectivity index (χ0) is 16.2. The highest BCUT2D eigenvalue weighted by Gasteiger charge is 2.24. The molecule has 0 saturated carbocycles. The van der Waals surface area contributed by atoms with E-state index in [9.17, 15) is 9.59 Å². The molecule has 0 spiro atoms. The van der Waals surface area contributed by atoms with Crippen LogP contribution in [0.2, 0.25) is 0 Å². The number of carbonyl (C=O) groups is 2. The van der Waals surface area contributed by atoms with E-state index in [1.54, 1.807) is 0 Å². The number of nitrogens with zero attached hydrogens (tertiary/aromatic N) is 2. The van der Waals surface area contributed by atoms with Gasteiger partial charge in [0.1, 0.15) is 6.10 Å². The molecule has 2 heterocycles. The summed E-state index contributed by atoms with van der Waals surface area (Å²) in [5, 5.41) is 10.2. The van der Waals surface area contributed by atoms with Gasteiger partial charge in [-0.1, -0.05) is 5.10 Å². The minimum atomic E-state index is -0.463. The van der Waals surface area contributed by atoms with Gasteiger partial charge in [0.15, 0.2) is 0 Å². The Kier molecular flexibility index (Phi) is 4.33. The molecule has 1 aliphatic heterocycles. The normalized spacial score (nSPS) is 17.0. The lowest BCUT2D eigenvalue weighted by Gasteiger charge is -2.03. The topological polar surface area (TPSA) is 104 Å². The monoisotopic (exact) mass is 317 g/mol. The Balaban J connectivity index is 1.65. The van der Waals surface area contributed by atoms with E-state index in [1.165, 1.54) is 31.4 Å². The third-order valence-corrected chi connectivity index (χ3v) is 3.43. The maximum absolute atomic E-state index is 12.1. The van der Waals surface area contributed by atoms with Gasteiger partial charge in [-0.2, -0.15) is 0 Å². The molecule has 2 aromatic rings. The summed E-state index contributed by atoms with van der Waals surface area (Å²) in [5.41, 5.74) is 0.719. The molecule has 0 aliphatic carbocycles. The highest BCUT2D eigenvalue weighted by molar-refractivity contribution is 6.03. The highest BCUT2D eigenvalue weighted by Crippen LogP contribution is 2.28. The first-order valence-corrected chi connectivity index (χ1v) is 7.12. The molecule has 1 amide bonds. The van der Waals surface area contributed by atoms with E-state index >= 15 is 0 Å². The number of rotatable bonds is 4. The Hall–Kier alpha value is -2.74. The minimum Gasteiger partial charge on any atom is -0.465 e. The van der Waals surface area contributed by atoms with Crippen molar-refractivity contribution in [3.8, 4) is 0 Å². The summed E-state index contributed by atoms with van der Waals surface area (Å²) >= 11 is 0. The largest absolute Gasteiger partial charge is 0.465 e. The van der Waals surface area contributed by atoms with Gasteiger partial charge in [0.05, 0.1) is 12.7 Å². The van der Waals surface area contributed by atoms with Crippen molar-refractivity contribution in [1.82, 2.24) is 10.2 Å². The molecule has 1 saturated heterocycles. The van der Waals surface area contributed by atoms with Crippen LogP contribution in [0, 0.1) is 0 Å². The molecule has 0 unspecified atom stereocenters. The van der Waals surface area contributed by atoms with E-state index in [2.05, 4.69) is 20.3 Å². The Morgan fingerprint density at radius 3 is 2.61 bits per heavy atom. The lowest BCUT2D eigenvalue weighted by atomic mass is 10.1. The molecule has 0 radical (unpaired) electrons. The summed E-state index contributed by atoms with van der Waals surface area (Å²) in [4.78, 5) is 23.5. The first-order chi connectivity index (χ1) is 11.2. The Morgan fingerprint density at radius 1 is 1.22 bits per heavy atom. The zero-order valence-electron chi connectivity index (χ0n) is 12.4. The molecule has 0 bridgehead atoms. The number of amides is 1. The van der Waals surface area contributed by atoms with Crippen LogP contribution >= 0.6 is 0 Å². The molecular weight excluding hydrogens is 302 g/mol. The van der Waals surface area contributed by atoms with Crippen LogP contribution in [-0.4, -0.2) is 35.8 Å². The lowest BCUT2D eigenvalue weighted by molar-refractivity contribution is 0.0600.